The molecule has 0 aliphatic carbocycles. The number of fused-ring (bicyclic) bond motifs is 2. The van der Waals surface area contributed by atoms with Gasteiger partial charge in [-0.3, -0.25) is 4.79 Å². The standard InChI is InChI=1S/C28H26N6O2/c1-4-36-21-13-10-19(11-14-21)16-30-34-26(29)24(28(35)31-20-12-9-17(2)18(3)15-20)25-27(34)33-23-8-6-5-7-22(23)32-25/h5-16H,4,29H2,1-3H3,(H,31,35)/b30-16-. The van der Waals surface area contributed by atoms with Crippen LogP contribution in [0, 0.1) is 13.8 Å². The molecule has 8 nitrogen and oxygen atoms in total. The minimum absolute atomic E-state index is 0.156. The summed E-state index contributed by atoms with van der Waals surface area (Å²) in [6.45, 7) is 6.56. The zero-order valence-electron chi connectivity index (χ0n) is 20.3. The fourth-order valence-electron chi connectivity index (χ4n) is 3.94. The number of para-hydroxylation sites is 2. The molecule has 3 N–H and O–H groups in total. The third-order valence-corrected chi connectivity index (χ3v) is 5.98. The fourth-order valence-corrected chi connectivity index (χ4v) is 3.94. The lowest BCUT2D eigenvalue weighted by Crippen LogP contribution is -2.14. The van der Waals surface area contributed by atoms with Gasteiger partial charge in [-0.1, -0.05) is 18.2 Å². The Bertz CT molecular complexity index is 1620. The predicted molar refractivity (Wildman–Crippen MR) is 144 cm³/mol. The van der Waals surface area contributed by atoms with Gasteiger partial charge < -0.3 is 15.8 Å². The van der Waals surface area contributed by atoms with Crippen LogP contribution in [0.1, 0.15) is 34.0 Å². The minimum Gasteiger partial charge on any atom is -0.494 e. The lowest BCUT2D eigenvalue weighted by Gasteiger charge is -2.08. The number of nitrogens with zero attached hydrogens (tertiary/aromatic N) is 4. The summed E-state index contributed by atoms with van der Waals surface area (Å²) in [5, 5.41) is 7.51. The molecule has 0 aliphatic heterocycles. The van der Waals surface area contributed by atoms with E-state index in [0.717, 1.165) is 22.4 Å². The Hall–Kier alpha value is -4.72. The highest BCUT2D eigenvalue weighted by Gasteiger charge is 2.24. The van der Waals surface area contributed by atoms with Gasteiger partial charge in [0.15, 0.2) is 5.65 Å². The quantitative estimate of drug-likeness (QED) is 0.321. The van der Waals surface area contributed by atoms with Gasteiger partial charge in [0.05, 0.1) is 23.9 Å². The lowest BCUT2D eigenvalue weighted by atomic mass is 10.1. The molecule has 0 unspecified atom stereocenters. The smallest absolute Gasteiger partial charge is 0.261 e. The van der Waals surface area contributed by atoms with E-state index in [1.165, 1.54) is 4.68 Å². The van der Waals surface area contributed by atoms with Gasteiger partial charge in [0.25, 0.3) is 5.91 Å². The highest BCUT2D eigenvalue weighted by molar-refractivity contribution is 6.16. The Morgan fingerprint density at radius 1 is 1.03 bits per heavy atom. The number of benzene rings is 3. The highest BCUT2D eigenvalue weighted by atomic mass is 16.5. The van der Waals surface area contributed by atoms with Gasteiger partial charge in [-0.25, -0.2) is 9.97 Å². The normalized spacial score (nSPS) is 11.4. The number of aryl methyl sites for hydroxylation is 2. The molecule has 2 heterocycles. The monoisotopic (exact) mass is 478 g/mol. The molecule has 180 valence electrons. The SMILES string of the molecule is CCOc1ccc(/C=N\n2c(N)c(C(=O)Nc3ccc(C)c(C)c3)c3nc4ccccc4nc32)cc1. The molecule has 5 rings (SSSR count). The van der Waals surface area contributed by atoms with Gasteiger partial charge in [-0.05, 0) is 86.0 Å². The molecule has 0 fully saturated rings. The Labute approximate surface area is 208 Å². The third-order valence-electron chi connectivity index (χ3n) is 5.98. The van der Waals surface area contributed by atoms with Crippen LogP contribution < -0.4 is 15.8 Å². The molecule has 2 aromatic heterocycles. The van der Waals surface area contributed by atoms with Gasteiger partial charge in [-0.15, -0.1) is 0 Å². The number of nitrogen functional groups attached to an aromatic ring is 1. The predicted octanol–water partition coefficient (Wildman–Crippen LogP) is 5.32. The largest absolute Gasteiger partial charge is 0.494 e. The van der Waals surface area contributed by atoms with E-state index >= 15 is 0 Å². The summed E-state index contributed by atoms with van der Waals surface area (Å²) in [6.07, 6.45) is 1.66. The van der Waals surface area contributed by atoms with Crippen LogP contribution in [0.2, 0.25) is 0 Å². The van der Waals surface area contributed by atoms with Crippen LogP contribution in [0.3, 0.4) is 0 Å². The number of carbonyl (C=O) groups is 1. The molecule has 0 bridgehead atoms. The second-order valence-electron chi connectivity index (χ2n) is 8.46. The first-order chi connectivity index (χ1) is 17.4. The van der Waals surface area contributed by atoms with Crippen LogP contribution in [0.4, 0.5) is 11.5 Å². The zero-order valence-corrected chi connectivity index (χ0v) is 20.3. The van der Waals surface area contributed by atoms with Gasteiger partial charge >= 0.3 is 0 Å². The van der Waals surface area contributed by atoms with Crippen molar-refractivity contribution in [2.75, 3.05) is 17.7 Å². The number of amides is 1. The van der Waals surface area contributed by atoms with Crippen LogP contribution in [0.5, 0.6) is 5.75 Å². The van der Waals surface area contributed by atoms with E-state index in [2.05, 4.69) is 10.4 Å². The first-order valence-electron chi connectivity index (χ1n) is 11.7. The van der Waals surface area contributed by atoms with E-state index < -0.39 is 0 Å². The van der Waals surface area contributed by atoms with Crippen molar-refractivity contribution in [3.05, 3.63) is 89.0 Å². The van der Waals surface area contributed by atoms with Crippen molar-refractivity contribution < 1.29 is 9.53 Å². The van der Waals surface area contributed by atoms with Crippen molar-refractivity contribution in [3.63, 3.8) is 0 Å². The maximum absolute atomic E-state index is 13.4. The lowest BCUT2D eigenvalue weighted by molar-refractivity contribution is 0.102. The molecule has 5 aromatic rings. The van der Waals surface area contributed by atoms with E-state index in [1.54, 1.807) is 6.21 Å². The topological polar surface area (TPSA) is 107 Å². The first-order valence-corrected chi connectivity index (χ1v) is 11.7. The second kappa shape index (κ2) is 9.50. The fraction of sp³-hybridized carbons (Fsp3) is 0.143. The van der Waals surface area contributed by atoms with Gasteiger partial charge in [0.2, 0.25) is 0 Å². The van der Waals surface area contributed by atoms with Crippen LogP contribution in [0.25, 0.3) is 22.2 Å². The number of nitrogens with one attached hydrogen (secondary N) is 1. The van der Waals surface area contributed by atoms with Crippen LogP contribution in [-0.2, 0) is 0 Å². The van der Waals surface area contributed by atoms with Crippen molar-refractivity contribution in [1.29, 1.82) is 0 Å². The Morgan fingerprint density at radius 3 is 2.44 bits per heavy atom. The summed E-state index contributed by atoms with van der Waals surface area (Å²) in [4.78, 5) is 22.9. The summed E-state index contributed by atoms with van der Waals surface area (Å²) in [7, 11) is 0. The molecular formula is C28H26N6O2. The molecule has 36 heavy (non-hydrogen) atoms. The van der Waals surface area contributed by atoms with Crippen molar-refractivity contribution in [2.24, 2.45) is 5.10 Å². The maximum Gasteiger partial charge on any atom is 0.261 e. The molecule has 0 atom stereocenters. The third kappa shape index (κ3) is 4.36. The molecule has 1 amide bonds. The van der Waals surface area contributed by atoms with E-state index in [-0.39, 0.29) is 17.3 Å². The van der Waals surface area contributed by atoms with Crippen LogP contribution in [0.15, 0.2) is 71.8 Å². The number of carbonyl (C=O) groups excluding carboxylic acids is 1. The highest BCUT2D eigenvalue weighted by Crippen LogP contribution is 2.29. The zero-order chi connectivity index (χ0) is 25.2. The average molecular weight is 479 g/mol. The summed E-state index contributed by atoms with van der Waals surface area (Å²) in [6, 6.07) is 20.8. The molecule has 0 spiro atoms. The van der Waals surface area contributed by atoms with E-state index in [1.807, 2.05) is 87.5 Å². The Kier molecular flexibility index (Phi) is 6.08. The summed E-state index contributed by atoms with van der Waals surface area (Å²) < 4.78 is 6.96. The van der Waals surface area contributed by atoms with Crippen molar-refractivity contribution >= 4 is 45.8 Å². The molecule has 0 radical (unpaired) electrons. The van der Waals surface area contributed by atoms with Gasteiger partial charge in [-0.2, -0.15) is 9.78 Å². The molecule has 0 saturated carbocycles. The Morgan fingerprint density at radius 2 is 1.75 bits per heavy atom. The number of aromatic nitrogens is 3. The average Bonchev–Trinajstić information content (AvgIpc) is 3.14. The molecule has 8 heteroatoms. The molecule has 3 aromatic carbocycles. The number of rotatable bonds is 6. The number of hydrogen-bond donors (Lipinski definition) is 2. The summed E-state index contributed by atoms with van der Waals surface area (Å²) in [5.41, 5.74) is 12.6. The molecule has 0 saturated heterocycles. The van der Waals surface area contributed by atoms with E-state index in [4.69, 9.17) is 20.4 Å². The summed E-state index contributed by atoms with van der Waals surface area (Å²) >= 11 is 0. The van der Waals surface area contributed by atoms with Gasteiger partial charge in [0, 0.05) is 5.69 Å². The first kappa shape index (κ1) is 23.0. The molecular weight excluding hydrogens is 452 g/mol. The van der Waals surface area contributed by atoms with Gasteiger partial charge in [0.1, 0.15) is 22.6 Å². The van der Waals surface area contributed by atoms with Crippen molar-refractivity contribution in [3.8, 4) is 5.75 Å². The Balaban J connectivity index is 1.60. The number of ether oxygens (including phenoxy) is 1. The van der Waals surface area contributed by atoms with E-state index in [0.29, 0.717) is 34.5 Å². The van der Waals surface area contributed by atoms with E-state index in [9.17, 15) is 4.79 Å². The second-order valence-corrected chi connectivity index (χ2v) is 8.46. The van der Waals surface area contributed by atoms with Crippen molar-refractivity contribution in [1.82, 2.24) is 14.6 Å². The summed E-state index contributed by atoms with van der Waals surface area (Å²) in [5.74, 6) is 0.562. The van der Waals surface area contributed by atoms with Crippen LogP contribution >= 0.6 is 0 Å². The van der Waals surface area contributed by atoms with Crippen LogP contribution in [-0.4, -0.2) is 33.4 Å². The number of nitrogens with two attached hydrogens (primary N) is 1. The van der Waals surface area contributed by atoms with Crippen molar-refractivity contribution in [2.45, 2.75) is 20.8 Å². The minimum atomic E-state index is -0.375. The number of hydrogen-bond acceptors (Lipinski definition) is 6. The number of anilines is 2. The molecule has 0 aliphatic rings. The maximum atomic E-state index is 13.4.